The Bertz CT molecular complexity index is 1170. The van der Waals surface area contributed by atoms with Gasteiger partial charge >= 0.3 is 12.0 Å². The SMILES string of the molecule is CC(C)(C)C(CN1CCCS1(=O)=O)NC(=O)N[C@H]1CCCCC/C=C\C2C[C@@]2(C(=O)O)NC(=O)[C@@H]2CCCN2C1=O. The van der Waals surface area contributed by atoms with E-state index in [0.29, 0.717) is 51.6 Å². The van der Waals surface area contributed by atoms with Crippen LogP contribution in [-0.4, -0.2) is 95.6 Å². The number of fused-ring (bicyclic) bond motifs is 2. The fourth-order valence-corrected chi connectivity index (χ4v) is 7.60. The number of carboxylic acid groups (broad SMARTS) is 1. The molecule has 4 rings (SSSR count). The molecule has 5 atom stereocenters. The van der Waals surface area contributed by atoms with Gasteiger partial charge in [-0.15, -0.1) is 0 Å². The monoisotopic (exact) mass is 595 g/mol. The fraction of sp³-hybridized carbons (Fsp3) is 0.786. The van der Waals surface area contributed by atoms with Crippen LogP contribution in [0.4, 0.5) is 4.79 Å². The van der Waals surface area contributed by atoms with Crippen molar-refractivity contribution in [3.8, 4) is 0 Å². The van der Waals surface area contributed by atoms with Gasteiger partial charge in [-0.1, -0.05) is 45.8 Å². The van der Waals surface area contributed by atoms with E-state index in [4.69, 9.17) is 0 Å². The maximum atomic E-state index is 13.8. The summed E-state index contributed by atoms with van der Waals surface area (Å²) in [5.41, 5.74) is -1.79. The molecule has 2 unspecified atom stereocenters. The number of carboxylic acids is 1. The topological polar surface area (TPSA) is 165 Å². The molecule has 0 spiro atoms. The Kier molecular flexibility index (Phi) is 9.37. The van der Waals surface area contributed by atoms with Crippen molar-refractivity contribution in [1.82, 2.24) is 25.2 Å². The van der Waals surface area contributed by atoms with Gasteiger partial charge in [0.1, 0.15) is 17.6 Å². The van der Waals surface area contributed by atoms with E-state index in [1.165, 1.54) is 9.21 Å². The second-order valence-corrected chi connectivity index (χ2v) is 15.0. The highest BCUT2D eigenvalue weighted by Gasteiger charge is 2.61. The summed E-state index contributed by atoms with van der Waals surface area (Å²) in [5, 5.41) is 18.3. The second kappa shape index (κ2) is 12.3. The lowest BCUT2D eigenvalue weighted by molar-refractivity contribution is -0.145. The van der Waals surface area contributed by atoms with E-state index in [1.54, 1.807) is 0 Å². The minimum Gasteiger partial charge on any atom is -0.479 e. The summed E-state index contributed by atoms with van der Waals surface area (Å²) in [6, 6.07) is -2.73. The first-order valence-electron chi connectivity index (χ1n) is 14.8. The molecule has 4 amide bonds. The van der Waals surface area contributed by atoms with Gasteiger partial charge in [-0.2, -0.15) is 4.31 Å². The zero-order chi connectivity index (χ0) is 30.0. The number of aliphatic carboxylic acids is 1. The summed E-state index contributed by atoms with van der Waals surface area (Å²) in [6.07, 6.45) is 9.24. The lowest BCUT2D eigenvalue weighted by Crippen LogP contribution is -2.59. The highest BCUT2D eigenvalue weighted by molar-refractivity contribution is 7.89. The molecular weight excluding hydrogens is 550 g/mol. The molecule has 13 heteroatoms. The zero-order valence-electron chi connectivity index (χ0n) is 24.4. The van der Waals surface area contributed by atoms with Gasteiger partial charge in [0.05, 0.1) is 5.75 Å². The summed E-state index contributed by atoms with van der Waals surface area (Å²) in [7, 11) is -3.35. The van der Waals surface area contributed by atoms with Crippen LogP contribution in [0.2, 0.25) is 0 Å². The van der Waals surface area contributed by atoms with E-state index in [-0.39, 0.29) is 24.1 Å². The number of amides is 4. The summed E-state index contributed by atoms with van der Waals surface area (Å²) in [6.45, 7) is 6.67. The number of sulfonamides is 1. The number of carbonyl (C=O) groups excluding carboxylic acids is 3. The van der Waals surface area contributed by atoms with Crippen LogP contribution in [0.15, 0.2) is 12.2 Å². The van der Waals surface area contributed by atoms with Gasteiger partial charge in [0.25, 0.3) is 0 Å². The third-order valence-corrected chi connectivity index (χ3v) is 10.8. The molecule has 4 aliphatic rings. The molecule has 0 bridgehead atoms. The lowest BCUT2D eigenvalue weighted by atomic mass is 9.86. The highest BCUT2D eigenvalue weighted by atomic mass is 32.2. The first-order chi connectivity index (χ1) is 19.2. The van der Waals surface area contributed by atoms with Gasteiger partial charge in [-0.3, -0.25) is 9.59 Å². The van der Waals surface area contributed by atoms with Gasteiger partial charge in [-0.25, -0.2) is 18.0 Å². The van der Waals surface area contributed by atoms with Crippen LogP contribution in [0.25, 0.3) is 0 Å². The van der Waals surface area contributed by atoms with Crippen molar-refractivity contribution in [2.45, 2.75) is 102 Å². The van der Waals surface area contributed by atoms with Crippen molar-refractivity contribution < 1.29 is 32.7 Å². The average Bonchev–Trinajstić information content (AvgIpc) is 3.18. The number of hydrogen-bond donors (Lipinski definition) is 4. The number of allylic oxidation sites excluding steroid dienone is 1. The predicted molar refractivity (Wildman–Crippen MR) is 152 cm³/mol. The number of nitrogens with one attached hydrogen (secondary N) is 3. The summed E-state index contributed by atoms with van der Waals surface area (Å²) in [5.74, 6) is -2.10. The molecule has 3 aliphatic heterocycles. The number of rotatable bonds is 5. The number of carbonyl (C=O) groups is 4. The zero-order valence-corrected chi connectivity index (χ0v) is 25.2. The van der Waals surface area contributed by atoms with E-state index in [0.717, 1.165) is 19.3 Å². The first kappa shape index (κ1) is 31.3. The molecule has 0 radical (unpaired) electrons. The van der Waals surface area contributed by atoms with Crippen LogP contribution in [0.1, 0.15) is 78.6 Å². The molecule has 1 aliphatic carbocycles. The molecule has 0 aromatic rings. The van der Waals surface area contributed by atoms with Crippen LogP contribution in [0.5, 0.6) is 0 Å². The van der Waals surface area contributed by atoms with Crippen LogP contribution < -0.4 is 16.0 Å². The van der Waals surface area contributed by atoms with E-state index < -0.39 is 57.0 Å². The Morgan fingerprint density at radius 3 is 2.54 bits per heavy atom. The van der Waals surface area contributed by atoms with E-state index >= 15 is 0 Å². The highest BCUT2D eigenvalue weighted by Crippen LogP contribution is 2.45. The average molecular weight is 596 g/mol. The predicted octanol–water partition coefficient (Wildman–Crippen LogP) is 1.58. The standard InChI is InChI=1S/C28H45N5O7S/c1-27(2,3)22(18-32-14-10-16-41(32,39)40)30-26(38)29-20-12-8-6-4-5-7-11-19-17-28(19,25(36)37)31-23(34)21-13-9-15-33(21)24(20)35/h7,11,19-22H,4-6,8-10,12-18H2,1-3H3,(H,31,34)(H,36,37)(H2,29,30,38)/b11-7-/t19?,20-,21-,22?,28+/m0/s1. The van der Waals surface area contributed by atoms with Crippen molar-refractivity contribution in [2.24, 2.45) is 11.3 Å². The molecule has 1 saturated carbocycles. The second-order valence-electron chi connectivity index (χ2n) is 12.9. The Morgan fingerprint density at radius 1 is 1.12 bits per heavy atom. The van der Waals surface area contributed by atoms with Crippen LogP contribution in [0, 0.1) is 11.3 Å². The van der Waals surface area contributed by atoms with Crippen molar-refractivity contribution in [2.75, 3.05) is 25.4 Å². The lowest BCUT2D eigenvalue weighted by Gasteiger charge is -2.35. The fourth-order valence-electron chi connectivity index (χ4n) is 6.07. The first-order valence-corrected chi connectivity index (χ1v) is 16.4. The molecule has 41 heavy (non-hydrogen) atoms. The minimum absolute atomic E-state index is 0.0985. The van der Waals surface area contributed by atoms with E-state index in [1.807, 2.05) is 32.9 Å². The third-order valence-electron chi connectivity index (χ3n) is 8.86. The van der Waals surface area contributed by atoms with Gasteiger partial charge < -0.3 is 26.0 Å². The Morgan fingerprint density at radius 2 is 1.88 bits per heavy atom. The van der Waals surface area contributed by atoms with E-state index in [2.05, 4.69) is 16.0 Å². The quantitative estimate of drug-likeness (QED) is 0.350. The smallest absolute Gasteiger partial charge is 0.330 e. The Labute approximate surface area is 242 Å². The van der Waals surface area contributed by atoms with Crippen LogP contribution in [0.3, 0.4) is 0 Å². The molecule has 0 aromatic heterocycles. The van der Waals surface area contributed by atoms with E-state index in [9.17, 15) is 32.7 Å². The van der Waals surface area contributed by atoms with Gasteiger partial charge in [-0.05, 0) is 50.4 Å². The molecule has 12 nitrogen and oxygen atoms in total. The molecular formula is C28H45N5O7S. The molecule has 3 heterocycles. The number of nitrogens with zero attached hydrogens (tertiary/aromatic N) is 2. The van der Waals surface area contributed by atoms with Gasteiger partial charge in [0, 0.05) is 31.6 Å². The third kappa shape index (κ3) is 7.22. The normalized spacial score (nSPS) is 32.5. The van der Waals surface area contributed by atoms with Crippen molar-refractivity contribution >= 4 is 33.8 Å². The molecule has 3 fully saturated rings. The summed E-state index contributed by atoms with van der Waals surface area (Å²) >= 11 is 0. The largest absolute Gasteiger partial charge is 0.479 e. The van der Waals surface area contributed by atoms with Gasteiger partial charge in [0.2, 0.25) is 21.8 Å². The maximum absolute atomic E-state index is 13.8. The summed E-state index contributed by atoms with van der Waals surface area (Å²) in [4.78, 5) is 53.9. The summed E-state index contributed by atoms with van der Waals surface area (Å²) < 4.78 is 26.2. The van der Waals surface area contributed by atoms with Crippen molar-refractivity contribution in [3.05, 3.63) is 12.2 Å². The molecule has 230 valence electrons. The molecule has 4 N–H and O–H groups in total. The van der Waals surface area contributed by atoms with Gasteiger partial charge in [0.15, 0.2) is 0 Å². The Hall–Kier alpha value is -2.67. The number of urea groups is 1. The van der Waals surface area contributed by atoms with Crippen LogP contribution in [-0.2, 0) is 24.4 Å². The Balaban J connectivity index is 1.49. The van der Waals surface area contributed by atoms with Crippen LogP contribution >= 0.6 is 0 Å². The number of hydrogen-bond acceptors (Lipinski definition) is 6. The minimum atomic E-state index is -3.35. The molecule has 2 saturated heterocycles. The maximum Gasteiger partial charge on any atom is 0.330 e. The van der Waals surface area contributed by atoms with Crippen molar-refractivity contribution in [1.29, 1.82) is 0 Å². The van der Waals surface area contributed by atoms with Crippen molar-refractivity contribution in [3.63, 3.8) is 0 Å². The molecule has 0 aromatic carbocycles.